The van der Waals surface area contributed by atoms with Crippen LogP contribution in [0.4, 0.5) is 0 Å². The van der Waals surface area contributed by atoms with Crippen molar-refractivity contribution in [1.82, 2.24) is 15.5 Å². The summed E-state index contributed by atoms with van der Waals surface area (Å²) in [6.45, 7) is 2.82. The van der Waals surface area contributed by atoms with Crippen LogP contribution in [0.2, 0.25) is 0 Å². The summed E-state index contributed by atoms with van der Waals surface area (Å²) in [5.74, 6) is 1.81. The number of carbonyl (C=O) groups is 3. The van der Waals surface area contributed by atoms with Gasteiger partial charge < -0.3 is 21.3 Å². The van der Waals surface area contributed by atoms with E-state index in [1.807, 2.05) is 30.3 Å². The molecule has 1 aromatic rings. The number of piperidine rings is 1. The molecule has 7 nitrogen and oxygen atoms in total. The molecule has 3 fully saturated rings. The average Bonchev–Trinajstić information content (AvgIpc) is 3.40. The zero-order valence-corrected chi connectivity index (χ0v) is 21.5. The Morgan fingerprint density at radius 3 is 2.31 bits per heavy atom. The van der Waals surface area contributed by atoms with Crippen LogP contribution in [0.15, 0.2) is 30.3 Å². The van der Waals surface area contributed by atoms with Crippen molar-refractivity contribution in [2.24, 2.45) is 17.1 Å². The fraction of sp³-hybridized carbons (Fsp3) is 0.667. The van der Waals surface area contributed by atoms with E-state index in [-0.39, 0.29) is 5.91 Å². The van der Waals surface area contributed by atoms with Gasteiger partial charge in [0.05, 0.1) is 0 Å². The van der Waals surface area contributed by atoms with Gasteiger partial charge in [-0.05, 0) is 74.6 Å². The summed E-state index contributed by atoms with van der Waals surface area (Å²) >= 11 is 2.06. The monoisotopic (exact) mass is 500 g/mol. The number of hydrogen-bond acceptors (Lipinski definition) is 5. The maximum absolute atomic E-state index is 13.3. The van der Waals surface area contributed by atoms with Crippen LogP contribution in [0, 0.1) is 11.3 Å². The number of hydrogen-bond donors (Lipinski definition) is 3. The van der Waals surface area contributed by atoms with Gasteiger partial charge in [0.15, 0.2) is 0 Å². The third kappa shape index (κ3) is 6.58. The molecule has 1 aromatic carbocycles. The number of nitrogens with zero attached hydrogens (tertiary/aromatic N) is 1. The van der Waals surface area contributed by atoms with Gasteiger partial charge in [0.1, 0.15) is 11.5 Å². The van der Waals surface area contributed by atoms with Gasteiger partial charge in [-0.1, -0.05) is 43.2 Å². The van der Waals surface area contributed by atoms with Crippen LogP contribution in [0.5, 0.6) is 0 Å². The molecule has 0 aromatic heterocycles. The smallest absolute Gasteiger partial charge is 0.242 e. The number of thioether (sulfide) groups is 1. The van der Waals surface area contributed by atoms with Gasteiger partial charge in [-0.2, -0.15) is 11.8 Å². The number of rotatable bonds is 9. The first-order valence-electron chi connectivity index (χ1n) is 13.2. The summed E-state index contributed by atoms with van der Waals surface area (Å²) in [5, 5.41) is 6.02. The Bertz CT molecular complexity index is 860. The molecule has 1 saturated carbocycles. The van der Waals surface area contributed by atoms with Crippen LogP contribution in [0.25, 0.3) is 0 Å². The minimum Gasteiger partial charge on any atom is -0.369 e. The molecule has 2 heterocycles. The molecule has 3 amide bonds. The quantitative estimate of drug-likeness (QED) is 0.452. The first kappa shape index (κ1) is 26.0. The second kappa shape index (κ2) is 12.3. The van der Waals surface area contributed by atoms with Crippen molar-refractivity contribution in [3.63, 3.8) is 0 Å². The Kier molecular flexibility index (Phi) is 9.11. The van der Waals surface area contributed by atoms with Gasteiger partial charge in [0.25, 0.3) is 0 Å². The summed E-state index contributed by atoms with van der Waals surface area (Å²) in [6, 6.07) is 9.67. The lowest BCUT2D eigenvalue weighted by molar-refractivity contribution is -0.143. The van der Waals surface area contributed by atoms with E-state index in [1.165, 1.54) is 24.3 Å². The number of nitrogens with two attached hydrogens (primary N) is 1. The third-order valence-electron chi connectivity index (χ3n) is 8.19. The van der Waals surface area contributed by atoms with Gasteiger partial charge in [0, 0.05) is 19.0 Å². The molecule has 0 unspecified atom stereocenters. The summed E-state index contributed by atoms with van der Waals surface area (Å²) in [6.07, 6.45) is 7.63. The van der Waals surface area contributed by atoms with E-state index >= 15 is 0 Å². The molecule has 0 radical (unpaired) electrons. The van der Waals surface area contributed by atoms with Crippen LogP contribution in [0.3, 0.4) is 0 Å². The van der Waals surface area contributed by atoms with Crippen LogP contribution in [-0.2, 0) is 20.8 Å². The van der Waals surface area contributed by atoms with Gasteiger partial charge in [-0.15, -0.1) is 0 Å². The fourth-order valence-corrected chi connectivity index (χ4v) is 6.94. The van der Waals surface area contributed by atoms with E-state index in [0.29, 0.717) is 31.7 Å². The molecule has 35 heavy (non-hydrogen) atoms. The number of carbonyl (C=O) groups excluding carboxylic acids is 3. The van der Waals surface area contributed by atoms with Gasteiger partial charge >= 0.3 is 0 Å². The first-order valence-corrected chi connectivity index (χ1v) is 14.4. The fourth-order valence-electron chi connectivity index (χ4n) is 5.86. The second-order valence-corrected chi connectivity index (χ2v) is 11.7. The highest BCUT2D eigenvalue weighted by Crippen LogP contribution is 2.38. The average molecular weight is 501 g/mol. The highest BCUT2D eigenvalue weighted by molar-refractivity contribution is 7.99. The maximum Gasteiger partial charge on any atom is 0.242 e. The number of primary amides is 1. The molecule has 4 rings (SSSR count). The lowest BCUT2D eigenvalue weighted by atomic mass is 9.84. The largest absolute Gasteiger partial charge is 0.369 e. The first-order chi connectivity index (χ1) is 17.0. The van der Waals surface area contributed by atoms with Gasteiger partial charge in [0.2, 0.25) is 17.7 Å². The van der Waals surface area contributed by atoms with Crippen LogP contribution in [0.1, 0.15) is 56.9 Å². The predicted molar refractivity (Wildman–Crippen MR) is 140 cm³/mol. The van der Waals surface area contributed by atoms with E-state index in [0.717, 1.165) is 50.4 Å². The normalized spacial score (nSPS) is 22.4. The molecule has 0 bridgehead atoms. The summed E-state index contributed by atoms with van der Waals surface area (Å²) < 4.78 is 0. The van der Waals surface area contributed by atoms with E-state index in [4.69, 9.17) is 5.73 Å². The lowest BCUT2D eigenvalue weighted by Gasteiger charge is -2.39. The molecule has 0 spiro atoms. The molecule has 192 valence electrons. The Hall–Kier alpha value is -2.06. The number of nitrogens with one attached hydrogen (secondary N) is 2. The number of benzene rings is 1. The molecule has 2 saturated heterocycles. The minimum absolute atomic E-state index is 0.188. The number of likely N-dealkylation sites (tertiary alicyclic amines) is 1. The van der Waals surface area contributed by atoms with Crippen LogP contribution < -0.4 is 16.4 Å². The molecule has 4 N–H and O–H groups in total. The molecule has 1 atom stereocenters. The van der Waals surface area contributed by atoms with Crippen molar-refractivity contribution in [2.75, 3.05) is 31.1 Å². The topological polar surface area (TPSA) is 105 Å². The zero-order valence-electron chi connectivity index (χ0n) is 20.7. The lowest BCUT2D eigenvalue weighted by Crippen LogP contribution is -2.56. The molecular formula is C27H40N4O3S. The summed E-state index contributed by atoms with van der Waals surface area (Å²) in [5.41, 5.74) is 5.42. The standard InChI is InChI=1S/C27H40N4O3S/c28-25(33)27(12-4-5-13-27)26(34)30-23(18-20-6-2-1-3-7-20)24(32)29-19-21-8-14-31(15-9-21)22-10-16-35-17-11-22/h1-3,6-7,21-23H,4-5,8-19H2,(H2,28,33)(H,29,32)(H,30,34)/t23-/m1/s1. The third-order valence-corrected chi connectivity index (χ3v) is 9.24. The predicted octanol–water partition coefficient (Wildman–Crippen LogP) is 2.48. The van der Waals surface area contributed by atoms with Gasteiger partial charge in [-0.3, -0.25) is 14.4 Å². The minimum atomic E-state index is -1.19. The van der Waals surface area contributed by atoms with Crippen molar-refractivity contribution >= 4 is 29.5 Å². The van der Waals surface area contributed by atoms with Crippen molar-refractivity contribution in [2.45, 2.75) is 69.9 Å². The molecule has 8 heteroatoms. The molecule has 3 aliphatic rings. The highest BCUT2D eigenvalue weighted by atomic mass is 32.2. The zero-order chi connectivity index (χ0) is 24.7. The van der Waals surface area contributed by atoms with Crippen molar-refractivity contribution in [1.29, 1.82) is 0 Å². The Morgan fingerprint density at radius 1 is 1.03 bits per heavy atom. The van der Waals surface area contributed by atoms with E-state index in [9.17, 15) is 14.4 Å². The maximum atomic E-state index is 13.3. The van der Waals surface area contributed by atoms with E-state index in [2.05, 4.69) is 27.3 Å². The molecular weight excluding hydrogens is 460 g/mol. The van der Waals surface area contributed by atoms with Crippen LogP contribution in [-0.4, -0.2) is 65.8 Å². The second-order valence-electron chi connectivity index (χ2n) is 10.4. The van der Waals surface area contributed by atoms with Crippen molar-refractivity contribution in [3.8, 4) is 0 Å². The summed E-state index contributed by atoms with van der Waals surface area (Å²) in [7, 11) is 0. The Morgan fingerprint density at radius 2 is 1.69 bits per heavy atom. The van der Waals surface area contributed by atoms with E-state index in [1.54, 1.807) is 0 Å². The van der Waals surface area contributed by atoms with E-state index < -0.39 is 23.3 Å². The van der Waals surface area contributed by atoms with Crippen molar-refractivity contribution in [3.05, 3.63) is 35.9 Å². The van der Waals surface area contributed by atoms with Gasteiger partial charge in [-0.25, -0.2) is 0 Å². The molecule has 2 aliphatic heterocycles. The molecule has 1 aliphatic carbocycles. The summed E-state index contributed by atoms with van der Waals surface area (Å²) in [4.78, 5) is 41.3. The Balaban J connectivity index is 1.34. The van der Waals surface area contributed by atoms with Crippen molar-refractivity contribution < 1.29 is 14.4 Å². The van der Waals surface area contributed by atoms with Crippen LogP contribution >= 0.6 is 11.8 Å². The Labute approximate surface area is 213 Å². The highest BCUT2D eigenvalue weighted by Gasteiger charge is 2.47. The number of amides is 3. The SMILES string of the molecule is NC(=O)C1(C(=O)N[C@H](Cc2ccccc2)C(=O)NCC2CCN(C3CCSCC3)CC2)CCCC1.